The molecule has 27 heavy (non-hydrogen) atoms. The number of hydrogen-bond donors (Lipinski definition) is 4. The molecule has 0 bridgehead atoms. The fraction of sp³-hybridized carbons (Fsp3) is 0.312. The van der Waals surface area contributed by atoms with E-state index in [2.05, 4.69) is 15.0 Å². The standard InChI is InChI=1S/C16H17FN6O3S/c1-23-7-13-12(3-2-9(8-24)22-27(13,19)26)15(23)16(25)21-10-4-11(6-18)20-14(17)5-10/h4-5,7,9,24H,2-3,8H2,1H3,(H2,19,22,26)(H,20,21,25)/t9-,27?/m1/s1. The number of anilines is 1. The highest BCUT2D eigenvalue weighted by Crippen LogP contribution is 2.28. The van der Waals surface area contributed by atoms with Crippen LogP contribution in [0.3, 0.4) is 0 Å². The van der Waals surface area contributed by atoms with Crippen LogP contribution in [0.2, 0.25) is 0 Å². The van der Waals surface area contributed by atoms with Crippen LogP contribution in [0.5, 0.6) is 0 Å². The lowest BCUT2D eigenvalue weighted by molar-refractivity contribution is 0.101. The van der Waals surface area contributed by atoms with E-state index >= 15 is 0 Å². The van der Waals surface area contributed by atoms with Crippen molar-refractivity contribution in [3.8, 4) is 6.07 Å². The molecule has 0 spiro atoms. The van der Waals surface area contributed by atoms with Gasteiger partial charge in [0, 0.05) is 36.6 Å². The summed E-state index contributed by atoms with van der Waals surface area (Å²) in [5.74, 6) is -1.50. The molecule has 11 heteroatoms. The number of aryl methyl sites for hydroxylation is 1. The number of aromatic nitrogens is 2. The molecule has 0 aliphatic carbocycles. The maximum Gasteiger partial charge on any atom is 0.272 e. The molecule has 0 aromatic carbocycles. The number of amides is 1. The van der Waals surface area contributed by atoms with E-state index in [4.69, 9.17) is 10.0 Å². The number of nitriles is 1. The second kappa shape index (κ2) is 7.07. The number of pyridine rings is 1. The molecule has 2 atom stereocenters. The Morgan fingerprint density at radius 1 is 1.63 bits per heavy atom. The number of nitrogens with one attached hydrogen (secondary N) is 3. The van der Waals surface area contributed by atoms with Crippen LogP contribution in [0.1, 0.15) is 28.2 Å². The Morgan fingerprint density at radius 2 is 2.37 bits per heavy atom. The lowest BCUT2D eigenvalue weighted by atomic mass is 10.1. The summed E-state index contributed by atoms with van der Waals surface area (Å²) in [7, 11) is -1.81. The van der Waals surface area contributed by atoms with Crippen LogP contribution in [0.25, 0.3) is 0 Å². The summed E-state index contributed by atoms with van der Waals surface area (Å²) in [6, 6.07) is 3.41. The van der Waals surface area contributed by atoms with E-state index in [0.29, 0.717) is 18.4 Å². The Kier molecular flexibility index (Phi) is 4.97. The normalized spacial score (nSPS) is 21.8. The minimum Gasteiger partial charge on any atom is -0.395 e. The zero-order chi connectivity index (χ0) is 19.8. The monoisotopic (exact) mass is 392 g/mol. The minimum atomic E-state index is -3.39. The highest BCUT2D eigenvalue weighted by Gasteiger charge is 2.30. The van der Waals surface area contributed by atoms with Gasteiger partial charge in [-0.1, -0.05) is 0 Å². The molecular formula is C16H17FN6O3S. The first-order valence-corrected chi connectivity index (χ1v) is 9.55. The first-order chi connectivity index (χ1) is 12.7. The quantitative estimate of drug-likeness (QED) is 0.574. The van der Waals surface area contributed by atoms with Gasteiger partial charge in [0.05, 0.1) is 11.5 Å². The van der Waals surface area contributed by atoms with E-state index in [1.54, 1.807) is 13.1 Å². The summed E-state index contributed by atoms with van der Waals surface area (Å²) in [5.41, 5.74) is 0.500. The number of aliphatic hydroxyl groups excluding tert-OH is 1. The molecule has 9 nitrogen and oxygen atoms in total. The van der Waals surface area contributed by atoms with Gasteiger partial charge in [-0.05, 0) is 18.9 Å². The second-order valence-electron chi connectivity index (χ2n) is 6.15. The maximum absolute atomic E-state index is 13.5. The van der Waals surface area contributed by atoms with Gasteiger partial charge in [-0.25, -0.2) is 18.7 Å². The Balaban J connectivity index is 1.99. The molecule has 0 radical (unpaired) electrons. The van der Waals surface area contributed by atoms with Crippen LogP contribution in [0, 0.1) is 22.1 Å². The van der Waals surface area contributed by atoms with E-state index in [9.17, 15) is 18.5 Å². The number of carbonyl (C=O) groups excluding carboxylic acids is 1. The zero-order valence-corrected chi connectivity index (χ0v) is 15.1. The molecule has 1 amide bonds. The third-order valence-corrected chi connectivity index (χ3v) is 5.87. The molecule has 4 N–H and O–H groups in total. The second-order valence-corrected chi connectivity index (χ2v) is 7.94. The van der Waals surface area contributed by atoms with Crippen LogP contribution >= 0.6 is 0 Å². The van der Waals surface area contributed by atoms with Gasteiger partial charge in [-0.15, -0.1) is 0 Å². The smallest absolute Gasteiger partial charge is 0.272 e. The van der Waals surface area contributed by atoms with E-state index in [1.165, 1.54) is 16.8 Å². The van der Waals surface area contributed by atoms with Gasteiger partial charge in [0.15, 0.2) is 0 Å². The van der Waals surface area contributed by atoms with Crippen molar-refractivity contribution in [1.29, 1.82) is 10.0 Å². The lowest BCUT2D eigenvalue weighted by Gasteiger charge is -2.13. The fourth-order valence-electron chi connectivity index (χ4n) is 3.06. The van der Waals surface area contributed by atoms with E-state index in [1.807, 2.05) is 0 Å². The maximum atomic E-state index is 13.5. The summed E-state index contributed by atoms with van der Waals surface area (Å²) in [4.78, 5) is 16.3. The van der Waals surface area contributed by atoms with Crippen molar-refractivity contribution in [3.63, 3.8) is 0 Å². The molecule has 142 valence electrons. The largest absolute Gasteiger partial charge is 0.395 e. The van der Waals surface area contributed by atoms with Gasteiger partial charge in [0.2, 0.25) is 5.95 Å². The van der Waals surface area contributed by atoms with Gasteiger partial charge in [0.1, 0.15) is 27.4 Å². The Morgan fingerprint density at radius 3 is 3.04 bits per heavy atom. The SMILES string of the molecule is Cn1cc2c(c1C(=O)Nc1cc(F)nc(C#N)c1)CC[C@H](CO)NS2(=N)=O. The molecule has 0 saturated heterocycles. The molecule has 3 rings (SSSR count). The molecular weight excluding hydrogens is 375 g/mol. The average molecular weight is 392 g/mol. The predicted octanol–water partition coefficient (Wildman–Crippen LogP) is 0.901. The van der Waals surface area contributed by atoms with Crippen molar-refractivity contribution in [3.05, 3.63) is 41.2 Å². The van der Waals surface area contributed by atoms with Crippen LogP contribution in [-0.2, 0) is 23.4 Å². The molecule has 2 aromatic rings. The summed E-state index contributed by atoms with van der Waals surface area (Å²) in [6.45, 7) is -0.277. The highest BCUT2D eigenvalue weighted by atomic mass is 32.2. The molecule has 1 aliphatic rings. The number of rotatable bonds is 3. The molecule has 2 aromatic heterocycles. The average Bonchev–Trinajstić information content (AvgIpc) is 2.89. The third kappa shape index (κ3) is 3.68. The lowest BCUT2D eigenvalue weighted by Crippen LogP contribution is -2.35. The Labute approximate surface area is 154 Å². The fourth-order valence-corrected chi connectivity index (χ4v) is 4.70. The van der Waals surface area contributed by atoms with Gasteiger partial charge < -0.3 is 15.0 Å². The van der Waals surface area contributed by atoms with Crippen LogP contribution in [0.15, 0.2) is 23.2 Å². The summed E-state index contributed by atoms with van der Waals surface area (Å²) >= 11 is 0. The number of aliphatic hydroxyl groups is 1. The summed E-state index contributed by atoms with van der Waals surface area (Å²) in [6.07, 6.45) is 2.17. The molecule has 0 saturated carbocycles. The Hall–Kier alpha value is -2.81. The first kappa shape index (κ1) is 19.0. The summed E-state index contributed by atoms with van der Waals surface area (Å²) in [5, 5.41) is 20.7. The number of halogens is 1. The number of nitrogens with zero attached hydrogens (tertiary/aromatic N) is 3. The Bertz CT molecular complexity index is 1060. The topological polar surface area (TPSA) is 144 Å². The van der Waals surface area contributed by atoms with E-state index in [-0.39, 0.29) is 28.6 Å². The molecule has 1 unspecified atom stereocenters. The number of hydrogen-bond acceptors (Lipinski definition) is 6. The predicted molar refractivity (Wildman–Crippen MR) is 93.7 cm³/mol. The molecule has 0 fully saturated rings. The van der Waals surface area contributed by atoms with Gasteiger partial charge in [0.25, 0.3) is 5.91 Å². The van der Waals surface area contributed by atoms with Gasteiger partial charge in [-0.3, -0.25) is 4.79 Å². The first-order valence-electron chi connectivity index (χ1n) is 7.99. The van der Waals surface area contributed by atoms with Gasteiger partial charge >= 0.3 is 0 Å². The van der Waals surface area contributed by atoms with E-state index in [0.717, 1.165) is 6.07 Å². The molecule has 3 heterocycles. The molecule has 1 aliphatic heterocycles. The van der Waals surface area contributed by atoms with Crippen molar-refractivity contribution < 1.29 is 18.5 Å². The van der Waals surface area contributed by atoms with Crippen molar-refractivity contribution in [2.45, 2.75) is 23.8 Å². The zero-order valence-electron chi connectivity index (χ0n) is 14.3. The van der Waals surface area contributed by atoms with Crippen LogP contribution < -0.4 is 10.0 Å². The van der Waals surface area contributed by atoms with Crippen molar-refractivity contribution >= 4 is 21.5 Å². The van der Waals surface area contributed by atoms with Crippen molar-refractivity contribution in [2.75, 3.05) is 11.9 Å². The van der Waals surface area contributed by atoms with Crippen molar-refractivity contribution in [2.24, 2.45) is 7.05 Å². The van der Waals surface area contributed by atoms with E-state index < -0.39 is 27.8 Å². The van der Waals surface area contributed by atoms with Crippen molar-refractivity contribution in [1.82, 2.24) is 14.3 Å². The minimum absolute atomic E-state index is 0.0607. The summed E-state index contributed by atoms with van der Waals surface area (Å²) < 4.78 is 38.4. The number of carbonyl (C=O) groups is 1. The van der Waals surface area contributed by atoms with Crippen LogP contribution in [0.4, 0.5) is 10.1 Å². The van der Waals surface area contributed by atoms with Gasteiger partial charge in [-0.2, -0.15) is 9.65 Å². The van der Waals surface area contributed by atoms with Crippen LogP contribution in [-0.4, -0.2) is 37.4 Å². The highest BCUT2D eigenvalue weighted by molar-refractivity contribution is 7.90. The number of fused-ring (bicyclic) bond motifs is 1. The third-order valence-electron chi connectivity index (χ3n) is 4.23.